The van der Waals surface area contributed by atoms with Crippen LogP contribution in [0.5, 0.6) is 17.2 Å². The molecule has 34 heavy (non-hydrogen) atoms. The highest BCUT2D eigenvalue weighted by Crippen LogP contribution is 2.38. The van der Waals surface area contributed by atoms with Gasteiger partial charge in [-0.05, 0) is 65.9 Å². The van der Waals surface area contributed by atoms with Crippen LogP contribution in [0.2, 0.25) is 0 Å². The highest BCUT2D eigenvalue weighted by molar-refractivity contribution is 5.94. The lowest BCUT2D eigenvalue weighted by atomic mass is 9.91. The Balaban J connectivity index is 1.63. The highest BCUT2D eigenvalue weighted by Gasteiger charge is 2.30. The van der Waals surface area contributed by atoms with E-state index in [1.54, 1.807) is 33.5 Å². The molecule has 1 aliphatic heterocycles. The minimum atomic E-state index is -0.123. The smallest absolute Gasteiger partial charge is 0.251 e. The maximum atomic E-state index is 13.0. The van der Waals surface area contributed by atoms with Crippen LogP contribution in [0.15, 0.2) is 60.7 Å². The van der Waals surface area contributed by atoms with Crippen LogP contribution in [0.25, 0.3) is 0 Å². The Morgan fingerprint density at radius 1 is 0.971 bits per heavy atom. The number of hydrogen-bond acceptors (Lipinski definition) is 5. The number of hydrogen-bond donors (Lipinski definition) is 1. The Kier molecular flexibility index (Phi) is 7.38. The topological polar surface area (TPSA) is 60.0 Å². The lowest BCUT2D eigenvalue weighted by Gasteiger charge is -2.38. The monoisotopic (exact) mass is 460 g/mol. The van der Waals surface area contributed by atoms with Crippen molar-refractivity contribution in [2.45, 2.75) is 25.9 Å². The van der Waals surface area contributed by atoms with E-state index in [1.165, 1.54) is 16.7 Å². The number of amides is 1. The lowest BCUT2D eigenvalue weighted by Crippen LogP contribution is -2.42. The molecule has 0 spiro atoms. The van der Waals surface area contributed by atoms with Gasteiger partial charge < -0.3 is 19.5 Å². The summed E-state index contributed by atoms with van der Waals surface area (Å²) in [4.78, 5) is 15.4. The van der Waals surface area contributed by atoms with Crippen LogP contribution < -0.4 is 19.5 Å². The average Bonchev–Trinajstić information content (AvgIpc) is 2.88. The minimum Gasteiger partial charge on any atom is -0.497 e. The zero-order valence-corrected chi connectivity index (χ0v) is 20.3. The fourth-order valence-electron chi connectivity index (χ4n) is 4.57. The first-order chi connectivity index (χ1) is 16.5. The summed E-state index contributed by atoms with van der Waals surface area (Å²) in [7, 11) is 4.90. The number of carbonyl (C=O) groups excluding carboxylic acids is 1. The van der Waals surface area contributed by atoms with Crippen LogP contribution in [-0.4, -0.2) is 45.2 Å². The average molecular weight is 461 g/mol. The third-order valence-electron chi connectivity index (χ3n) is 6.54. The maximum Gasteiger partial charge on any atom is 0.251 e. The van der Waals surface area contributed by atoms with E-state index in [4.69, 9.17) is 14.2 Å². The number of nitrogens with zero attached hydrogens (tertiary/aromatic N) is 1. The van der Waals surface area contributed by atoms with E-state index in [1.807, 2.05) is 12.1 Å². The first-order valence-electron chi connectivity index (χ1n) is 11.5. The van der Waals surface area contributed by atoms with Crippen LogP contribution in [0.1, 0.15) is 38.7 Å². The number of aryl methyl sites for hydroxylation is 1. The normalized spacial score (nSPS) is 15.4. The second-order valence-electron chi connectivity index (χ2n) is 8.51. The molecule has 0 bridgehead atoms. The zero-order chi connectivity index (χ0) is 24.1. The molecule has 6 heteroatoms. The largest absolute Gasteiger partial charge is 0.497 e. The molecular formula is C28H32N2O4. The van der Waals surface area contributed by atoms with Crippen molar-refractivity contribution in [3.63, 3.8) is 0 Å². The molecule has 3 aromatic rings. The second kappa shape index (κ2) is 10.6. The predicted molar refractivity (Wildman–Crippen MR) is 133 cm³/mol. The van der Waals surface area contributed by atoms with E-state index < -0.39 is 0 Å². The number of nitrogens with one attached hydrogen (secondary N) is 1. The van der Waals surface area contributed by atoms with Crippen molar-refractivity contribution in [2.24, 2.45) is 0 Å². The molecule has 1 atom stereocenters. The number of fused-ring (bicyclic) bond motifs is 1. The second-order valence-corrected chi connectivity index (χ2v) is 8.51. The molecule has 4 rings (SSSR count). The summed E-state index contributed by atoms with van der Waals surface area (Å²) in [6.07, 6.45) is 0.905. The van der Waals surface area contributed by atoms with Gasteiger partial charge in [0.2, 0.25) is 0 Å². The molecule has 1 heterocycles. The molecule has 0 saturated carbocycles. The summed E-state index contributed by atoms with van der Waals surface area (Å²) in [6, 6.07) is 19.8. The SMILES string of the molecule is COc1cccc(C(=O)NCC2c3cc(OC)c(OC)cc3CCN2Cc2ccccc2C)c1. The van der Waals surface area contributed by atoms with Crippen molar-refractivity contribution in [3.05, 3.63) is 88.5 Å². The van der Waals surface area contributed by atoms with Gasteiger partial charge in [0.25, 0.3) is 5.91 Å². The molecule has 0 aromatic heterocycles. The van der Waals surface area contributed by atoms with Crippen molar-refractivity contribution in [1.82, 2.24) is 10.2 Å². The standard InChI is InChI=1S/C28H32N2O4/c1-19-8-5-6-9-22(19)18-30-13-12-20-15-26(33-3)27(34-4)16-24(20)25(30)17-29-28(31)21-10-7-11-23(14-21)32-2/h5-11,14-16,25H,12-13,17-18H2,1-4H3,(H,29,31). The van der Waals surface area contributed by atoms with Crippen molar-refractivity contribution in [2.75, 3.05) is 34.4 Å². The van der Waals surface area contributed by atoms with Crippen molar-refractivity contribution in [3.8, 4) is 17.2 Å². The molecule has 3 aromatic carbocycles. The Morgan fingerprint density at radius 3 is 2.47 bits per heavy atom. The molecule has 6 nitrogen and oxygen atoms in total. The highest BCUT2D eigenvalue weighted by atomic mass is 16.5. The fraction of sp³-hybridized carbons (Fsp3) is 0.321. The van der Waals surface area contributed by atoms with Gasteiger partial charge in [-0.15, -0.1) is 0 Å². The first kappa shape index (κ1) is 23.6. The maximum absolute atomic E-state index is 13.0. The van der Waals surface area contributed by atoms with Crippen LogP contribution in [0, 0.1) is 6.92 Å². The van der Waals surface area contributed by atoms with Gasteiger partial charge in [-0.3, -0.25) is 9.69 Å². The quantitative estimate of drug-likeness (QED) is 0.534. The van der Waals surface area contributed by atoms with E-state index in [2.05, 4.69) is 53.5 Å². The summed E-state index contributed by atoms with van der Waals surface area (Å²) >= 11 is 0. The summed E-state index contributed by atoms with van der Waals surface area (Å²) in [6.45, 7) is 4.31. The van der Waals surface area contributed by atoms with Gasteiger partial charge in [0.15, 0.2) is 11.5 Å². The Bertz CT molecular complexity index is 1160. The van der Waals surface area contributed by atoms with E-state index >= 15 is 0 Å². The van der Waals surface area contributed by atoms with Crippen molar-refractivity contribution >= 4 is 5.91 Å². The Morgan fingerprint density at radius 2 is 1.74 bits per heavy atom. The van der Waals surface area contributed by atoms with Gasteiger partial charge in [0.05, 0.1) is 27.4 Å². The Labute approximate surface area is 201 Å². The van der Waals surface area contributed by atoms with Crippen LogP contribution in [-0.2, 0) is 13.0 Å². The van der Waals surface area contributed by atoms with Gasteiger partial charge in [0, 0.05) is 25.2 Å². The number of benzene rings is 3. The summed E-state index contributed by atoms with van der Waals surface area (Å²) in [5, 5.41) is 3.15. The van der Waals surface area contributed by atoms with Gasteiger partial charge in [-0.25, -0.2) is 0 Å². The molecule has 1 amide bonds. The zero-order valence-electron chi connectivity index (χ0n) is 20.3. The van der Waals surface area contributed by atoms with E-state index in [9.17, 15) is 4.79 Å². The fourth-order valence-corrected chi connectivity index (χ4v) is 4.57. The van der Waals surface area contributed by atoms with Crippen LogP contribution in [0.4, 0.5) is 0 Å². The number of ether oxygens (including phenoxy) is 3. The third kappa shape index (κ3) is 5.02. The number of methoxy groups -OCH3 is 3. The minimum absolute atomic E-state index is 0.00211. The predicted octanol–water partition coefficient (Wildman–Crippen LogP) is 4.55. The number of rotatable bonds is 8. The summed E-state index contributed by atoms with van der Waals surface area (Å²) < 4.78 is 16.4. The molecule has 0 radical (unpaired) electrons. The summed E-state index contributed by atoms with van der Waals surface area (Å²) in [5.74, 6) is 1.96. The van der Waals surface area contributed by atoms with E-state index in [-0.39, 0.29) is 11.9 Å². The van der Waals surface area contributed by atoms with Crippen molar-refractivity contribution in [1.29, 1.82) is 0 Å². The molecule has 1 aliphatic rings. The molecule has 0 aliphatic carbocycles. The van der Waals surface area contributed by atoms with Gasteiger partial charge >= 0.3 is 0 Å². The molecule has 1 N–H and O–H groups in total. The van der Waals surface area contributed by atoms with E-state index in [0.29, 0.717) is 23.6 Å². The molecule has 1 unspecified atom stereocenters. The molecule has 0 saturated heterocycles. The molecule has 0 fully saturated rings. The molecular weight excluding hydrogens is 428 g/mol. The van der Waals surface area contributed by atoms with Gasteiger partial charge in [-0.2, -0.15) is 0 Å². The number of carbonyl (C=O) groups is 1. The third-order valence-corrected chi connectivity index (χ3v) is 6.54. The lowest BCUT2D eigenvalue weighted by molar-refractivity contribution is 0.0925. The Hall–Kier alpha value is -3.51. The summed E-state index contributed by atoms with van der Waals surface area (Å²) in [5.41, 5.74) is 5.51. The molecule has 178 valence electrons. The van der Waals surface area contributed by atoms with Crippen LogP contribution in [0.3, 0.4) is 0 Å². The first-order valence-corrected chi connectivity index (χ1v) is 11.5. The van der Waals surface area contributed by atoms with E-state index in [0.717, 1.165) is 30.8 Å². The van der Waals surface area contributed by atoms with Gasteiger partial charge in [0.1, 0.15) is 5.75 Å². The van der Waals surface area contributed by atoms with Crippen molar-refractivity contribution < 1.29 is 19.0 Å². The van der Waals surface area contributed by atoms with Crippen LogP contribution >= 0.6 is 0 Å². The van der Waals surface area contributed by atoms with Gasteiger partial charge in [-0.1, -0.05) is 30.3 Å².